The highest BCUT2D eigenvalue weighted by atomic mass is 16.6. The summed E-state index contributed by atoms with van der Waals surface area (Å²) < 4.78 is 5.47. The Kier molecular flexibility index (Phi) is 4.15. The fourth-order valence-electron chi connectivity index (χ4n) is 3.67. The lowest BCUT2D eigenvalue weighted by atomic mass is 9.79. The van der Waals surface area contributed by atoms with E-state index in [1.807, 2.05) is 35.2 Å². The topological polar surface area (TPSA) is 32.8 Å². The van der Waals surface area contributed by atoms with Gasteiger partial charge in [0.1, 0.15) is 6.61 Å². The Morgan fingerprint density at radius 1 is 1.19 bits per heavy atom. The Labute approximate surface area is 126 Å². The molecular formula is C17H24N2O2. The van der Waals surface area contributed by atoms with Crippen LogP contribution in [0.3, 0.4) is 0 Å². The van der Waals surface area contributed by atoms with Gasteiger partial charge in [0.05, 0.1) is 0 Å². The van der Waals surface area contributed by atoms with Crippen molar-refractivity contribution in [1.29, 1.82) is 0 Å². The number of hydrogen-bond acceptors (Lipinski definition) is 3. The van der Waals surface area contributed by atoms with Crippen molar-refractivity contribution in [1.82, 2.24) is 9.80 Å². The van der Waals surface area contributed by atoms with Gasteiger partial charge in [0.2, 0.25) is 0 Å². The van der Waals surface area contributed by atoms with Gasteiger partial charge in [0.25, 0.3) is 0 Å². The molecule has 0 N–H and O–H groups in total. The molecule has 1 unspecified atom stereocenters. The van der Waals surface area contributed by atoms with E-state index in [1.54, 1.807) is 0 Å². The molecule has 0 radical (unpaired) electrons. The molecule has 4 nitrogen and oxygen atoms in total. The van der Waals surface area contributed by atoms with Crippen molar-refractivity contribution < 1.29 is 9.53 Å². The average Bonchev–Trinajstić information content (AvgIpc) is 2.86. The van der Waals surface area contributed by atoms with Crippen LogP contribution in [0.2, 0.25) is 0 Å². The van der Waals surface area contributed by atoms with Crippen LogP contribution in [-0.2, 0) is 11.3 Å². The van der Waals surface area contributed by atoms with E-state index in [0.717, 1.165) is 38.2 Å². The van der Waals surface area contributed by atoms with Gasteiger partial charge in [-0.25, -0.2) is 4.79 Å². The van der Waals surface area contributed by atoms with Crippen molar-refractivity contribution in [3.63, 3.8) is 0 Å². The summed E-state index contributed by atoms with van der Waals surface area (Å²) in [5.41, 5.74) is 1.34. The van der Waals surface area contributed by atoms with Crippen LogP contribution in [0, 0.1) is 5.41 Å². The zero-order valence-corrected chi connectivity index (χ0v) is 12.8. The van der Waals surface area contributed by atoms with Crippen molar-refractivity contribution in [3.8, 4) is 0 Å². The van der Waals surface area contributed by atoms with Crippen LogP contribution in [0.5, 0.6) is 0 Å². The van der Waals surface area contributed by atoms with E-state index < -0.39 is 0 Å². The third-order valence-electron chi connectivity index (χ3n) is 4.75. The van der Waals surface area contributed by atoms with E-state index in [9.17, 15) is 4.79 Å². The summed E-state index contributed by atoms with van der Waals surface area (Å²) in [6, 6.07) is 9.87. The molecule has 114 valence electrons. The fourth-order valence-corrected chi connectivity index (χ4v) is 3.67. The first kappa shape index (κ1) is 14.4. The number of benzene rings is 1. The summed E-state index contributed by atoms with van der Waals surface area (Å²) in [5.74, 6) is 0. The Balaban J connectivity index is 1.55. The maximum absolute atomic E-state index is 12.3. The summed E-state index contributed by atoms with van der Waals surface area (Å²) in [4.78, 5) is 16.6. The molecule has 2 saturated heterocycles. The Hall–Kier alpha value is -1.55. The number of likely N-dealkylation sites (tertiary alicyclic amines) is 2. The molecule has 2 fully saturated rings. The zero-order valence-electron chi connectivity index (χ0n) is 12.8. The summed E-state index contributed by atoms with van der Waals surface area (Å²) in [6.07, 6.45) is 3.37. The van der Waals surface area contributed by atoms with E-state index in [0.29, 0.717) is 12.0 Å². The second-order valence-electron chi connectivity index (χ2n) is 6.55. The van der Waals surface area contributed by atoms with Gasteiger partial charge in [-0.1, -0.05) is 30.3 Å². The molecule has 1 aromatic carbocycles. The molecule has 0 bridgehead atoms. The van der Waals surface area contributed by atoms with Crippen molar-refractivity contribution in [2.24, 2.45) is 5.41 Å². The highest BCUT2D eigenvalue weighted by molar-refractivity contribution is 5.67. The standard InChI is InChI=1S/C17H24N2O2/c1-18-11-9-17(13-18)8-5-10-19(14-17)16(20)21-12-15-6-3-2-4-7-15/h2-4,6-7H,5,8-14H2,1H3. The monoisotopic (exact) mass is 288 g/mol. The second kappa shape index (κ2) is 6.06. The molecule has 1 amide bonds. The van der Waals surface area contributed by atoms with Crippen LogP contribution in [0.4, 0.5) is 4.79 Å². The van der Waals surface area contributed by atoms with E-state index in [2.05, 4.69) is 11.9 Å². The maximum Gasteiger partial charge on any atom is 0.410 e. The lowest BCUT2D eigenvalue weighted by Crippen LogP contribution is -2.47. The number of ether oxygens (including phenoxy) is 1. The number of hydrogen-bond donors (Lipinski definition) is 0. The van der Waals surface area contributed by atoms with Gasteiger partial charge in [-0.3, -0.25) is 0 Å². The molecule has 2 aliphatic rings. The normalized spacial score (nSPS) is 26.2. The first-order valence-electron chi connectivity index (χ1n) is 7.81. The van der Waals surface area contributed by atoms with Crippen molar-refractivity contribution in [2.75, 3.05) is 33.2 Å². The summed E-state index contributed by atoms with van der Waals surface area (Å²) >= 11 is 0. The van der Waals surface area contributed by atoms with E-state index in [4.69, 9.17) is 4.74 Å². The van der Waals surface area contributed by atoms with Gasteiger partial charge in [-0.15, -0.1) is 0 Å². The van der Waals surface area contributed by atoms with Crippen molar-refractivity contribution in [3.05, 3.63) is 35.9 Å². The summed E-state index contributed by atoms with van der Waals surface area (Å²) in [6.45, 7) is 4.30. The highest BCUT2D eigenvalue weighted by Gasteiger charge is 2.41. The van der Waals surface area contributed by atoms with Crippen LogP contribution < -0.4 is 0 Å². The third kappa shape index (κ3) is 3.38. The molecule has 2 aliphatic heterocycles. The molecule has 1 spiro atoms. The van der Waals surface area contributed by atoms with Gasteiger partial charge in [0.15, 0.2) is 0 Å². The van der Waals surface area contributed by atoms with Gasteiger partial charge in [0, 0.05) is 25.0 Å². The molecule has 0 saturated carbocycles. The van der Waals surface area contributed by atoms with Crippen molar-refractivity contribution in [2.45, 2.75) is 25.9 Å². The van der Waals surface area contributed by atoms with E-state index in [-0.39, 0.29) is 6.09 Å². The van der Waals surface area contributed by atoms with Crippen LogP contribution in [0.15, 0.2) is 30.3 Å². The molecule has 3 rings (SSSR count). The molecule has 2 heterocycles. The number of amides is 1. The minimum absolute atomic E-state index is 0.160. The Bertz CT molecular complexity index is 487. The number of carbonyl (C=O) groups excluding carboxylic acids is 1. The highest BCUT2D eigenvalue weighted by Crippen LogP contribution is 2.38. The second-order valence-corrected chi connectivity index (χ2v) is 6.55. The Morgan fingerprint density at radius 2 is 2.00 bits per heavy atom. The van der Waals surface area contributed by atoms with Crippen LogP contribution in [0.25, 0.3) is 0 Å². The molecule has 0 aromatic heterocycles. The number of carbonyl (C=O) groups is 1. The molecule has 1 aromatic rings. The van der Waals surface area contributed by atoms with Crippen molar-refractivity contribution >= 4 is 6.09 Å². The predicted octanol–water partition coefficient (Wildman–Crippen LogP) is 2.74. The minimum Gasteiger partial charge on any atom is -0.445 e. The zero-order chi connectivity index (χ0) is 14.7. The van der Waals surface area contributed by atoms with E-state index in [1.165, 1.54) is 12.8 Å². The number of nitrogens with zero attached hydrogens (tertiary/aromatic N) is 2. The smallest absolute Gasteiger partial charge is 0.410 e. The molecule has 21 heavy (non-hydrogen) atoms. The Morgan fingerprint density at radius 3 is 2.71 bits per heavy atom. The maximum atomic E-state index is 12.3. The molecule has 4 heteroatoms. The molecule has 1 atom stereocenters. The first-order valence-corrected chi connectivity index (χ1v) is 7.81. The molecule has 0 aliphatic carbocycles. The van der Waals surface area contributed by atoms with Gasteiger partial charge >= 0.3 is 6.09 Å². The van der Waals surface area contributed by atoms with Crippen LogP contribution >= 0.6 is 0 Å². The van der Waals surface area contributed by atoms with Gasteiger partial charge in [-0.2, -0.15) is 0 Å². The third-order valence-corrected chi connectivity index (χ3v) is 4.75. The largest absolute Gasteiger partial charge is 0.445 e. The minimum atomic E-state index is -0.160. The quantitative estimate of drug-likeness (QED) is 0.839. The van der Waals surface area contributed by atoms with Gasteiger partial charge < -0.3 is 14.5 Å². The first-order chi connectivity index (χ1) is 10.2. The molecular weight excluding hydrogens is 264 g/mol. The number of piperidine rings is 1. The van der Waals surface area contributed by atoms with Gasteiger partial charge in [-0.05, 0) is 38.4 Å². The predicted molar refractivity (Wildman–Crippen MR) is 82.0 cm³/mol. The SMILES string of the molecule is CN1CCC2(CCCN(C(=O)OCc3ccccc3)C2)C1. The summed E-state index contributed by atoms with van der Waals surface area (Å²) in [7, 11) is 2.17. The average molecular weight is 288 g/mol. The fraction of sp³-hybridized carbons (Fsp3) is 0.588. The summed E-state index contributed by atoms with van der Waals surface area (Å²) in [5, 5.41) is 0. The lowest BCUT2D eigenvalue weighted by Gasteiger charge is -2.39. The number of rotatable bonds is 2. The van der Waals surface area contributed by atoms with E-state index >= 15 is 0 Å². The van der Waals surface area contributed by atoms with Crippen LogP contribution in [-0.4, -0.2) is 49.1 Å². The lowest BCUT2D eigenvalue weighted by molar-refractivity contribution is 0.0547. The van der Waals surface area contributed by atoms with Crippen LogP contribution in [0.1, 0.15) is 24.8 Å².